The second kappa shape index (κ2) is 4.44. The van der Waals surface area contributed by atoms with E-state index in [1.807, 2.05) is 0 Å². The molecule has 2 rings (SSSR count). The molecule has 0 saturated heterocycles. The molecule has 9 heteroatoms. The Labute approximate surface area is 112 Å². The first kappa shape index (κ1) is 13.7. The molecule has 0 radical (unpaired) electrons. The van der Waals surface area contributed by atoms with Gasteiger partial charge < -0.3 is 0 Å². The van der Waals surface area contributed by atoms with Crippen molar-refractivity contribution in [2.75, 3.05) is 5.01 Å². The number of rotatable bonds is 1. The molecule has 2 heterocycles. The van der Waals surface area contributed by atoms with Crippen molar-refractivity contribution >= 4 is 23.0 Å². The van der Waals surface area contributed by atoms with Crippen LogP contribution in [-0.4, -0.2) is 30.6 Å². The SMILES string of the molecule is CC(=O)N(C(C)=O)n1cnc2c1c(=O)n(C)c(=O)n2C. The third-order valence-electron chi connectivity index (χ3n) is 2.94. The molecule has 0 aromatic carbocycles. The molecule has 0 N–H and O–H groups in total. The predicted molar refractivity (Wildman–Crippen MR) is 69.8 cm³/mol. The van der Waals surface area contributed by atoms with Crippen molar-refractivity contribution in [3.8, 4) is 0 Å². The molecule has 106 valence electrons. The number of aromatic nitrogens is 4. The molecule has 0 spiro atoms. The van der Waals surface area contributed by atoms with Gasteiger partial charge in [-0.2, -0.15) is 5.01 Å². The van der Waals surface area contributed by atoms with Crippen molar-refractivity contribution in [2.24, 2.45) is 14.1 Å². The quantitative estimate of drug-likeness (QED) is 0.630. The van der Waals surface area contributed by atoms with Gasteiger partial charge in [-0.1, -0.05) is 0 Å². The van der Waals surface area contributed by atoms with E-state index in [9.17, 15) is 19.2 Å². The lowest BCUT2D eigenvalue weighted by Crippen LogP contribution is -2.45. The molecule has 0 aliphatic rings. The number of fused-ring (bicyclic) bond motifs is 1. The highest BCUT2D eigenvalue weighted by atomic mass is 16.2. The monoisotopic (exact) mass is 279 g/mol. The molecule has 2 aromatic heterocycles. The van der Waals surface area contributed by atoms with Crippen LogP contribution in [0, 0.1) is 0 Å². The summed E-state index contributed by atoms with van der Waals surface area (Å²) < 4.78 is 3.12. The standard InChI is InChI=1S/C11H13N5O4/c1-6(17)16(7(2)18)15-5-12-9-8(15)10(19)14(4)11(20)13(9)3/h5H,1-4H3. The Morgan fingerprint density at radius 1 is 1.10 bits per heavy atom. The maximum atomic E-state index is 12.2. The number of hydrogen-bond donors (Lipinski definition) is 0. The lowest BCUT2D eigenvalue weighted by Gasteiger charge is -2.18. The van der Waals surface area contributed by atoms with E-state index in [0.29, 0.717) is 0 Å². The molecule has 0 aliphatic heterocycles. The van der Waals surface area contributed by atoms with E-state index in [1.165, 1.54) is 32.5 Å². The molecule has 20 heavy (non-hydrogen) atoms. The Kier molecular flexibility index (Phi) is 3.04. The van der Waals surface area contributed by atoms with Crippen molar-refractivity contribution in [1.82, 2.24) is 18.8 Å². The third-order valence-corrected chi connectivity index (χ3v) is 2.94. The van der Waals surface area contributed by atoms with Crippen LogP contribution in [0.25, 0.3) is 11.2 Å². The average molecular weight is 279 g/mol. The smallest absolute Gasteiger partial charge is 0.279 e. The highest BCUT2D eigenvalue weighted by Gasteiger charge is 2.22. The van der Waals surface area contributed by atoms with Gasteiger partial charge in [0.05, 0.1) is 0 Å². The van der Waals surface area contributed by atoms with E-state index in [-0.39, 0.29) is 11.2 Å². The first-order valence-corrected chi connectivity index (χ1v) is 5.72. The van der Waals surface area contributed by atoms with E-state index >= 15 is 0 Å². The van der Waals surface area contributed by atoms with Crippen LogP contribution in [0.4, 0.5) is 0 Å². The summed E-state index contributed by atoms with van der Waals surface area (Å²) in [6.45, 7) is 2.39. The van der Waals surface area contributed by atoms with Crippen LogP contribution in [0.15, 0.2) is 15.9 Å². The summed E-state index contributed by atoms with van der Waals surface area (Å²) in [6.07, 6.45) is 1.16. The summed E-state index contributed by atoms with van der Waals surface area (Å²) in [5.74, 6) is -1.12. The fourth-order valence-electron chi connectivity index (χ4n) is 2.01. The highest BCUT2D eigenvalue weighted by molar-refractivity contribution is 6.07. The normalized spacial score (nSPS) is 10.8. The van der Waals surface area contributed by atoms with Gasteiger partial charge in [-0.3, -0.25) is 23.5 Å². The first-order valence-electron chi connectivity index (χ1n) is 5.72. The Hall–Kier alpha value is -2.71. The number of imide groups is 1. The molecule has 2 amide bonds. The Morgan fingerprint density at radius 2 is 1.65 bits per heavy atom. The minimum Gasteiger partial charge on any atom is -0.279 e. The lowest BCUT2D eigenvalue weighted by molar-refractivity contribution is -0.126. The molecule has 0 saturated carbocycles. The van der Waals surface area contributed by atoms with Crippen molar-refractivity contribution in [1.29, 1.82) is 0 Å². The van der Waals surface area contributed by atoms with Gasteiger partial charge in [0.25, 0.3) is 5.56 Å². The van der Waals surface area contributed by atoms with Gasteiger partial charge in [-0.05, 0) is 0 Å². The number of nitrogens with zero attached hydrogens (tertiary/aromatic N) is 5. The lowest BCUT2D eigenvalue weighted by atomic mass is 10.5. The molecule has 0 unspecified atom stereocenters. The third kappa shape index (κ3) is 1.75. The number of carbonyl (C=O) groups excluding carboxylic acids is 2. The zero-order chi connectivity index (χ0) is 15.2. The fraction of sp³-hybridized carbons (Fsp3) is 0.364. The predicted octanol–water partition coefficient (Wildman–Crippen LogP) is -1.54. The van der Waals surface area contributed by atoms with Gasteiger partial charge in [-0.15, -0.1) is 0 Å². The van der Waals surface area contributed by atoms with Crippen molar-refractivity contribution < 1.29 is 9.59 Å². The van der Waals surface area contributed by atoms with Gasteiger partial charge in [0, 0.05) is 27.9 Å². The van der Waals surface area contributed by atoms with Crippen LogP contribution in [0.2, 0.25) is 0 Å². The van der Waals surface area contributed by atoms with Gasteiger partial charge in [0.1, 0.15) is 6.33 Å². The highest BCUT2D eigenvalue weighted by Crippen LogP contribution is 2.07. The van der Waals surface area contributed by atoms with Crippen LogP contribution in [0.3, 0.4) is 0 Å². The first-order chi connectivity index (χ1) is 9.27. The second-order valence-electron chi connectivity index (χ2n) is 4.32. The number of amides is 2. The van der Waals surface area contributed by atoms with Crippen LogP contribution in [0.1, 0.15) is 13.8 Å². The Morgan fingerprint density at radius 3 is 2.15 bits per heavy atom. The maximum absolute atomic E-state index is 12.2. The number of carbonyl (C=O) groups is 2. The largest absolute Gasteiger partial charge is 0.332 e. The topological polar surface area (TPSA) is 99.2 Å². The van der Waals surface area contributed by atoms with Gasteiger partial charge in [-0.25, -0.2) is 14.5 Å². The van der Waals surface area contributed by atoms with E-state index in [2.05, 4.69) is 4.98 Å². The van der Waals surface area contributed by atoms with Crippen LogP contribution in [0.5, 0.6) is 0 Å². The zero-order valence-electron chi connectivity index (χ0n) is 11.4. The van der Waals surface area contributed by atoms with Crippen molar-refractivity contribution in [3.63, 3.8) is 0 Å². The summed E-state index contributed by atoms with van der Waals surface area (Å²) in [4.78, 5) is 51.0. The average Bonchev–Trinajstić information content (AvgIpc) is 2.77. The summed E-state index contributed by atoms with van der Waals surface area (Å²) in [6, 6.07) is 0. The molecule has 0 fully saturated rings. The van der Waals surface area contributed by atoms with E-state index < -0.39 is 23.1 Å². The molecular formula is C11H13N5O4. The number of hydrogen-bond acceptors (Lipinski definition) is 5. The molecule has 0 atom stereocenters. The number of aryl methyl sites for hydroxylation is 1. The van der Waals surface area contributed by atoms with Gasteiger partial charge in [0.2, 0.25) is 11.8 Å². The fourth-order valence-corrected chi connectivity index (χ4v) is 2.01. The summed E-state index contributed by atoms with van der Waals surface area (Å²) in [7, 11) is 2.76. The van der Waals surface area contributed by atoms with Gasteiger partial charge in [0.15, 0.2) is 11.2 Å². The van der Waals surface area contributed by atoms with E-state index in [4.69, 9.17) is 0 Å². The Balaban J connectivity index is 2.95. The Bertz CT molecular complexity index is 827. The van der Waals surface area contributed by atoms with Crippen LogP contribution >= 0.6 is 0 Å². The van der Waals surface area contributed by atoms with E-state index in [1.54, 1.807) is 0 Å². The second-order valence-corrected chi connectivity index (χ2v) is 4.32. The molecule has 0 bridgehead atoms. The minimum absolute atomic E-state index is 0.0139. The summed E-state index contributed by atoms with van der Waals surface area (Å²) in [5.41, 5.74) is -1.08. The summed E-state index contributed by atoms with van der Waals surface area (Å²) >= 11 is 0. The molecular weight excluding hydrogens is 266 g/mol. The zero-order valence-corrected chi connectivity index (χ0v) is 11.4. The van der Waals surface area contributed by atoms with Crippen molar-refractivity contribution in [2.45, 2.75) is 13.8 Å². The van der Waals surface area contributed by atoms with Crippen LogP contribution < -0.4 is 16.3 Å². The van der Waals surface area contributed by atoms with Crippen LogP contribution in [-0.2, 0) is 23.7 Å². The molecule has 0 aliphatic carbocycles. The summed E-state index contributed by atoms with van der Waals surface area (Å²) in [5, 5.41) is 0.779. The molecule has 9 nitrogen and oxygen atoms in total. The maximum Gasteiger partial charge on any atom is 0.332 e. The van der Waals surface area contributed by atoms with Crippen molar-refractivity contribution in [3.05, 3.63) is 27.2 Å². The molecule has 2 aromatic rings. The van der Waals surface area contributed by atoms with Gasteiger partial charge >= 0.3 is 5.69 Å². The number of imidazole rings is 1. The van der Waals surface area contributed by atoms with E-state index in [0.717, 1.165) is 20.6 Å². The minimum atomic E-state index is -0.631.